The van der Waals surface area contributed by atoms with Crippen LogP contribution in [0.3, 0.4) is 0 Å². The van der Waals surface area contributed by atoms with Crippen molar-refractivity contribution < 1.29 is 23.2 Å². The van der Waals surface area contributed by atoms with E-state index in [0.717, 1.165) is 17.7 Å². The molecule has 178 valence electrons. The molecule has 0 saturated heterocycles. The molecule has 4 aromatic rings. The van der Waals surface area contributed by atoms with Crippen molar-refractivity contribution in [3.63, 3.8) is 0 Å². The second-order valence-electron chi connectivity index (χ2n) is 7.80. The van der Waals surface area contributed by atoms with Crippen molar-refractivity contribution in [1.82, 2.24) is 30.2 Å². The summed E-state index contributed by atoms with van der Waals surface area (Å²) in [6.45, 7) is 3.17. The number of benzene rings is 2. The van der Waals surface area contributed by atoms with E-state index in [4.69, 9.17) is 0 Å². The van der Waals surface area contributed by atoms with Gasteiger partial charge in [0.2, 0.25) is 0 Å². The summed E-state index contributed by atoms with van der Waals surface area (Å²) in [5.41, 5.74) is 1.61. The van der Waals surface area contributed by atoms with Gasteiger partial charge >= 0.3 is 0 Å². The fourth-order valence-electron chi connectivity index (χ4n) is 3.37. The Kier molecular flexibility index (Phi) is 6.58. The highest BCUT2D eigenvalue weighted by Crippen LogP contribution is 2.16. The molecule has 2 N–H and O–H groups in total. The quantitative estimate of drug-likeness (QED) is 0.394. The number of amides is 2. The third kappa shape index (κ3) is 5.18. The monoisotopic (exact) mass is 478 g/mol. The maximum Gasteiger partial charge on any atom is 0.270 e. The van der Waals surface area contributed by atoms with Crippen molar-refractivity contribution in [2.45, 2.75) is 26.4 Å². The van der Waals surface area contributed by atoms with Gasteiger partial charge in [0.05, 0.1) is 6.04 Å². The summed E-state index contributed by atoms with van der Waals surface area (Å²) in [4.78, 5) is 45.3. The second-order valence-corrected chi connectivity index (χ2v) is 7.80. The Morgan fingerprint density at radius 2 is 1.74 bits per heavy atom. The number of nitrogens with zero attached hydrogens (tertiary/aromatic N) is 4. The molecule has 0 aliphatic rings. The van der Waals surface area contributed by atoms with Gasteiger partial charge in [-0.15, -0.1) is 0 Å². The number of halogens is 2. The molecule has 0 bridgehead atoms. The van der Waals surface area contributed by atoms with Crippen molar-refractivity contribution in [1.29, 1.82) is 0 Å². The summed E-state index contributed by atoms with van der Waals surface area (Å²) >= 11 is 0. The Morgan fingerprint density at radius 1 is 1.00 bits per heavy atom. The molecule has 2 heterocycles. The van der Waals surface area contributed by atoms with E-state index in [-0.39, 0.29) is 29.5 Å². The van der Waals surface area contributed by atoms with E-state index in [0.29, 0.717) is 11.1 Å². The molecule has 35 heavy (non-hydrogen) atoms. The summed E-state index contributed by atoms with van der Waals surface area (Å²) < 4.78 is 27.7. The van der Waals surface area contributed by atoms with Gasteiger partial charge in [0.1, 0.15) is 17.7 Å². The van der Waals surface area contributed by atoms with Crippen LogP contribution in [-0.4, -0.2) is 37.2 Å². The predicted octanol–water partition coefficient (Wildman–Crippen LogP) is 3.03. The van der Waals surface area contributed by atoms with E-state index in [9.17, 15) is 23.2 Å². The van der Waals surface area contributed by atoms with Crippen molar-refractivity contribution in [2.75, 3.05) is 0 Å². The minimum atomic E-state index is -1.02. The lowest BCUT2D eigenvalue weighted by Crippen LogP contribution is -2.30. The second kappa shape index (κ2) is 9.75. The van der Waals surface area contributed by atoms with Crippen LogP contribution in [0.5, 0.6) is 0 Å². The van der Waals surface area contributed by atoms with E-state index in [1.165, 1.54) is 29.9 Å². The number of rotatable bonds is 7. The van der Waals surface area contributed by atoms with E-state index < -0.39 is 29.5 Å². The van der Waals surface area contributed by atoms with Crippen LogP contribution in [0.2, 0.25) is 0 Å². The number of nitrogens with one attached hydrogen (secondary N) is 2. The van der Waals surface area contributed by atoms with Crippen LogP contribution in [0.1, 0.15) is 62.4 Å². The summed E-state index contributed by atoms with van der Waals surface area (Å²) in [5, 5.41) is 9.39. The van der Waals surface area contributed by atoms with Crippen molar-refractivity contribution in [3.05, 3.63) is 94.6 Å². The third-order valence-electron chi connectivity index (χ3n) is 5.32. The van der Waals surface area contributed by atoms with Crippen molar-refractivity contribution in [3.8, 4) is 0 Å². The highest BCUT2D eigenvalue weighted by atomic mass is 19.2. The molecule has 0 aliphatic heterocycles. The van der Waals surface area contributed by atoms with Gasteiger partial charge in [-0.05, 0) is 37.1 Å². The molecule has 9 nitrogen and oxygen atoms in total. The minimum Gasteiger partial charge on any atom is -0.347 e. The average Bonchev–Trinajstić information content (AvgIpc) is 3.32. The molecule has 0 spiro atoms. The van der Waals surface area contributed by atoms with Crippen molar-refractivity contribution in [2.24, 2.45) is 0 Å². The lowest BCUT2D eigenvalue weighted by atomic mass is 10.0. The molecule has 0 saturated carbocycles. The molecule has 0 unspecified atom stereocenters. The maximum atomic E-state index is 13.4. The topological polar surface area (TPSA) is 118 Å². The average molecular weight is 478 g/mol. The Morgan fingerprint density at radius 3 is 2.43 bits per heavy atom. The van der Waals surface area contributed by atoms with Crippen molar-refractivity contribution >= 4 is 23.4 Å². The van der Waals surface area contributed by atoms with E-state index in [1.807, 2.05) is 0 Å². The Balaban J connectivity index is 1.53. The fourth-order valence-corrected chi connectivity index (χ4v) is 3.37. The van der Waals surface area contributed by atoms with Gasteiger partial charge in [0.15, 0.2) is 17.4 Å². The third-order valence-corrected chi connectivity index (χ3v) is 5.32. The first-order valence-electron chi connectivity index (χ1n) is 10.6. The van der Waals surface area contributed by atoms with Gasteiger partial charge < -0.3 is 10.6 Å². The van der Waals surface area contributed by atoms with Crippen LogP contribution in [0.25, 0.3) is 5.78 Å². The predicted molar refractivity (Wildman–Crippen MR) is 121 cm³/mol. The first-order valence-corrected chi connectivity index (χ1v) is 10.6. The molecule has 2 aromatic carbocycles. The zero-order chi connectivity index (χ0) is 25.1. The Hall–Kier alpha value is -4.54. The summed E-state index contributed by atoms with van der Waals surface area (Å²) in [6, 6.07) is 11.0. The SMILES string of the molecule is CC(=O)c1ccc([C@H](C)NC(=O)c2cc(C(=O)NCc3ccc(F)c(F)c3)nc3ncnn23)cc1. The number of hydrogen-bond donors (Lipinski definition) is 2. The maximum absolute atomic E-state index is 13.4. The van der Waals surface area contributed by atoms with E-state index in [1.54, 1.807) is 31.2 Å². The number of ketones is 1. The molecule has 2 aromatic heterocycles. The van der Waals surface area contributed by atoms with Crippen LogP contribution in [0.15, 0.2) is 54.9 Å². The standard InChI is InChI=1S/C24H20F2N6O3/c1-13(16-4-6-17(7-5-16)14(2)33)30-23(35)21-10-20(31-24-28-12-29-32(21)24)22(34)27-11-15-3-8-18(25)19(26)9-15/h3-10,12-13H,11H2,1-2H3,(H,27,34)(H,30,35)/t13-/m0/s1. The van der Waals surface area contributed by atoms with Crippen LogP contribution in [0.4, 0.5) is 8.78 Å². The number of fused-ring (bicyclic) bond motifs is 1. The van der Waals surface area contributed by atoms with Crippen LogP contribution < -0.4 is 10.6 Å². The van der Waals surface area contributed by atoms with E-state index >= 15 is 0 Å². The molecule has 1 atom stereocenters. The lowest BCUT2D eigenvalue weighted by molar-refractivity contribution is 0.0930. The minimum absolute atomic E-state index is 0.0256. The fraction of sp³-hybridized carbons (Fsp3) is 0.167. The first-order chi connectivity index (χ1) is 16.7. The molecule has 4 rings (SSSR count). The number of aromatic nitrogens is 4. The van der Waals surface area contributed by atoms with E-state index in [2.05, 4.69) is 25.7 Å². The normalized spacial score (nSPS) is 11.8. The summed E-state index contributed by atoms with van der Waals surface area (Å²) in [6.07, 6.45) is 1.20. The highest BCUT2D eigenvalue weighted by Gasteiger charge is 2.20. The van der Waals surface area contributed by atoms with Gasteiger partial charge in [0, 0.05) is 18.2 Å². The molecular weight excluding hydrogens is 458 g/mol. The smallest absolute Gasteiger partial charge is 0.270 e. The number of Topliss-reactive ketones (excluding diaryl/α,β-unsaturated/α-hetero) is 1. The largest absolute Gasteiger partial charge is 0.347 e. The van der Waals surface area contributed by atoms with Crippen LogP contribution in [-0.2, 0) is 6.54 Å². The molecule has 11 heteroatoms. The van der Waals surface area contributed by atoms with Gasteiger partial charge in [-0.2, -0.15) is 14.6 Å². The molecule has 0 aliphatic carbocycles. The molecule has 2 amide bonds. The summed E-state index contributed by atoms with van der Waals surface area (Å²) in [7, 11) is 0. The Bertz CT molecular complexity index is 1440. The van der Waals surface area contributed by atoms with Gasteiger partial charge in [-0.1, -0.05) is 30.3 Å². The number of hydrogen-bond acceptors (Lipinski definition) is 6. The number of carbonyl (C=O) groups excluding carboxylic acids is 3. The Labute approximate surface area is 198 Å². The zero-order valence-electron chi connectivity index (χ0n) is 18.8. The van der Waals surface area contributed by atoms with Gasteiger partial charge in [0.25, 0.3) is 17.6 Å². The molecular formula is C24H20F2N6O3. The zero-order valence-corrected chi connectivity index (χ0v) is 18.8. The van der Waals surface area contributed by atoms with Gasteiger partial charge in [-0.25, -0.2) is 13.8 Å². The first kappa shape index (κ1) is 23.6. The highest BCUT2D eigenvalue weighted by molar-refractivity contribution is 5.98. The summed E-state index contributed by atoms with van der Waals surface area (Å²) in [5.74, 6) is -3.20. The molecule has 0 radical (unpaired) electrons. The molecule has 0 fully saturated rings. The van der Waals surface area contributed by atoms with Crippen LogP contribution >= 0.6 is 0 Å². The van der Waals surface area contributed by atoms with Crippen LogP contribution in [0, 0.1) is 11.6 Å². The number of carbonyl (C=O) groups is 3. The lowest BCUT2D eigenvalue weighted by Gasteiger charge is -2.15. The van der Waals surface area contributed by atoms with Gasteiger partial charge in [-0.3, -0.25) is 14.4 Å².